The summed E-state index contributed by atoms with van der Waals surface area (Å²) in [6, 6.07) is 7.19. The van der Waals surface area contributed by atoms with Crippen LogP contribution in [0, 0.1) is 5.92 Å². The van der Waals surface area contributed by atoms with E-state index < -0.39 is 0 Å². The highest BCUT2D eigenvalue weighted by molar-refractivity contribution is 5.46. The lowest BCUT2D eigenvalue weighted by Crippen LogP contribution is -2.38. The predicted molar refractivity (Wildman–Crippen MR) is 71.5 cm³/mol. The maximum atomic E-state index is 5.86. The first-order chi connectivity index (χ1) is 8.24. The first kappa shape index (κ1) is 11.1. The van der Waals surface area contributed by atoms with Crippen molar-refractivity contribution in [2.75, 3.05) is 5.73 Å². The Hall–Kier alpha value is -1.02. The molecule has 1 aliphatic heterocycles. The minimum Gasteiger partial charge on any atom is -0.399 e. The highest BCUT2D eigenvalue weighted by Crippen LogP contribution is 2.34. The van der Waals surface area contributed by atoms with Gasteiger partial charge in [0.05, 0.1) is 0 Å². The molecule has 0 aromatic heterocycles. The molecule has 1 fully saturated rings. The number of benzene rings is 1. The van der Waals surface area contributed by atoms with E-state index in [2.05, 4.69) is 24.0 Å². The van der Waals surface area contributed by atoms with Crippen LogP contribution in [0.2, 0.25) is 0 Å². The van der Waals surface area contributed by atoms with E-state index in [0.29, 0.717) is 0 Å². The first-order valence-corrected chi connectivity index (χ1v) is 6.85. The molecule has 2 unspecified atom stereocenters. The second-order valence-corrected chi connectivity index (χ2v) is 5.76. The van der Waals surface area contributed by atoms with Crippen molar-refractivity contribution >= 4 is 5.69 Å². The van der Waals surface area contributed by atoms with Gasteiger partial charge in [0, 0.05) is 24.8 Å². The number of anilines is 1. The van der Waals surface area contributed by atoms with Gasteiger partial charge in [-0.2, -0.15) is 0 Å². The lowest BCUT2D eigenvalue weighted by atomic mass is 9.85. The number of fused-ring (bicyclic) bond motifs is 1. The molecule has 1 aromatic carbocycles. The molecule has 0 radical (unpaired) electrons. The van der Waals surface area contributed by atoms with Gasteiger partial charge < -0.3 is 5.73 Å². The number of hydrogen-bond acceptors (Lipinski definition) is 2. The van der Waals surface area contributed by atoms with E-state index in [1.807, 2.05) is 6.07 Å². The third-order valence-corrected chi connectivity index (χ3v) is 4.51. The van der Waals surface area contributed by atoms with Gasteiger partial charge in [0.2, 0.25) is 0 Å². The summed E-state index contributed by atoms with van der Waals surface area (Å²) in [6.07, 6.45) is 5.61. The summed E-state index contributed by atoms with van der Waals surface area (Å²) in [7, 11) is 0. The lowest BCUT2D eigenvalue weighted by molar-refractivity contribution is 0.110. The molecule has 92 valence electrons. The van der Waals surface area contributed by atoms with Crippen molar-refractivity contribution < 1.29 is 0 Å². The minimum absolute atomic E-state index is 0.789. The van der Waals surface area contributed by atoms with Crippen LogP contribution < -0.4 is 5.73 Å². The summed E-state index contributed by atoms with van der Waals surface area (Å²) >= 11 is 0. The van der Waals surface area contributed by atoms with Gasteiger partial charge in [-0.25, -0.2) is 0 Å². The Kier molecular flexibility index (Phi) is 2.83. The van der Waals surface area contributed by atoms with Crippen LogP contribution in [0.1, 0.15) is 43.7 Å². The summed E-state index contributed by atoms with van der Waals surface area (Å²) in [6.45, 7) is 4.65. The van der Waals surface area contributed by atoms with Crippen LogP contribution in [-0.2, 0) is 13.1 Å². The van der Waals surface area contributed by atoms with E-state index in [1.165, 1.54) is 36.8 Å². The van der Waals surface area contributed by atoms with E-state index in [4.69, 9.17) is 5.73 Å². The fourth-order valence-electron chi connectivity index (χ4n) is 3.51. The number of nitrogen functional groups attached to an aromatic ring is 1. The molecule has 1 aromatic rings. The molecule has 17 heavy (non-hydrogen) atoms. The summed E-state index contributed by atoms with van der Waals surface area (Å²) in [5.74, 6) is 0.857. The van der Waals surface area contributed by atoms with Gasteiger partial charge >= 0.3 is 0 Å². The molecular formula is C15H22N2. The Morgan fingerprint density at radius 2 is 1.88 bits per heavy atom. The molecule has 3 rings (SSSR count). The van der Waals surface area contributed by atoms with E-state index in [0.717, 1.165) is 30.7 Å². The number of hydrogen-bond donors (Lipinski definition) is 1. The second kappa shape index (κ2) is 4.34. The molecule has 0 spiro atoms. The molecule has 0 bridgehead atoms. The molecule has 2 heteroatoms. The van der Waals surface area contributed by atoms with Crippen molar-refractivity contribution in [1.29, 1.82) is 0 Å². The third kappa shape index (κ3) is 2.06. The van der Waals surface area contributed by atoms with Gasteiger partial charge in [-0.1, -0.05) is 25.8 Å². The average Bonchev–Trinajstić information content (AvgIpc) is 2.72. The zero-order valence-electron chi connectivity index (χ0n) is 10.7. The minimum atomic E-state index is 0.789. The first-order valence-electron chi connectivity index (χ1n) is 6.85. The van der Waals surface area contributed by atoms with Crippen LogP contribution >= 0.6 is 0 Å². The Morgan fingerprint density at radius 3 is 2.71 bits per heavy atom. The van der Waals surface area contributed by atoms with Crippen molar-refractivity contribution in [3.05, 3.63) is 29.3 Å². The zero-order chi connectivity index (χ0) is 11.8. The Balaban J connectivity index is 1.76. The van der Waals surface area contributed by atoms with Crippen LogP contribution in [0.25, 0.3) is 0 Å². The lowest BCUT2D eigenvalue weighted by Gasteiger charge is -2.36. The number of rotatable bonds is 1. The SMILES string of the molecule is CC1CCCCC1N1Cc2ccc(N)cc2C1. The van der Waals surface area contributed by atoms with Crippen LogP contribution in [0.4, 0.5) is 5.69 Å². The van der Waals surface area contributed by atoms with E-state index >= 15 is 0 Å². The summed E-state index contributed by atoms with van der Waals surface area (Å²) in [4.78, 5) is 2.66. The van der Waals surface area contributed by atoms with Crippen LogP contribution in [0.5, 0.6) is 0 Å². The molecule has 1 saturated carbocycles. The van der Waals surface area contributed by atoms with Gasteiger partial charge in [-0.15, -0.1) is 0 Å². The standard InChI is InChI=1S/C15H22N2/c1-11-4-2-3-5-15(11)17-9-12-6-7-14(16)8-13(12)10-17/h6-8,11,15H,2-5,9-10,16H2,1H3. The average molecular weight is 230 g/mol. The van der Waals surface area contributed by atoms with Crippen molar-refractivity contribution in [3.8, 4) is 0 Å². The Morgan fingerprint density at radius 1 is 1.12 bits per heavy atom. The quantitative estimate of drug-likeness (QED) is 0.751. The third-order valence-electron chi connectivity index (χ3n) is 4.51. The van der Waals surface area contributed by atoms with Gasteiger partial charge in [0.15, 0.2) is 0 Å². The van der Waals surface area contributed by atoms with Gasteiger partial charge in [-0.3, -0.25) is 4.90 Å². The van der Waals surface area contributed by atoms with E-state index in [-0.39, 0.29) is 0 Å². The molecular weight excluding hydrogens is 208 g/mol. The smallest absolute Gasteiger partial charge is 0.0317 e. The summed E-state index contributed by atoms with van der Waals surface area (Å²) < 4.78 is 0. The molecule has 0 amide bonds. The Bertz CT molecular complexity index is 413. The molecule has 0 saturated heterocycles. The topological polar surface area (TPSA) is 29.3 Å². The molecule has 2 aliphatic rings. The van der Waals surface area contributed by atoms with Crippen LogP contribution in [0.15, 0.2) is 18.2 Å². The van der Waals surface area contributed by atoms with Gasteiger partial charge in [0.25, 0.3) is 0 Å². The van der Waals surface area contributed by atoms with Crippen LogP contribution in [-0.4, -0.2) is 10.9 Å². The molecule has 1 aliphatic carbocycles. The van der Waals surface area contributed by atoms with Crippen molar-refractivity contribution in [2.45, 2.75) is 51.7 Å². The highest BCUT2D eigenvalue weighted by Gasteiger charge is 2.30. The van der Waals surface area contributed by atoms with E-state index in [1.54, 1.807) is 0 Å². The molecule has 2 nitrogen and oxygen atoms in total. The van der Waals surface area contributed by atoms with Gasteiger partial charge in [0.1, 0.15) is 0 Å². The normalized spacial score (nSPS) is 29.2. The molecule has 2 N–H and O–H groups in total. The molecule has 2 atom stereocenters. The highest BCUT2D eigenvalue weighted by atomic mass is 15.2. The summed E-state index contributed by atoms with van der Waals surface area (Å²) in [5, 5.41) is 0. The monoisotopic (exact) mass is 230 g/mol. The van der Waals surface area contributed by atoms with Gasteiger partial charge in [-0.05, 0) is 42.0 Å². The number of nitrogens with two attached hydrogens (primary N) is 1. The fourth-order valence-corrected chi connectivity index (χ4v) is 3.51. The van der Waals surface area contributed by atoms with Crippen LogP contribution in [0.3, 0.4) is 0 Å². The molecule has 1 heterocycles. The fraction of sp³-hybridized carbons (Fsp3) is 0.600. The zero-order valence-corrected chi connectivity index (χ0v) is 10.7. The van der Waals surface area contributed by atoms with E-state index in [9.17, 15) is 0 Å². The maximum Gasteiger partial charge on any atom is 0.0317 e. The summed E-state index contributed by atoms with van der Waals surface area (Å²) in [5.41, 5.74) is 9.70. The maximum absolute atomic E-state index is 5.86. The van der Waals surface area contributed by atoms with Crippen molar-refractivity contribution in [1.82, 2.24) is 4.90 Å². The largest absolute Gasteiger partial charge is 0.399 e. The van der Waals surface area contributed by atoms with Crippen molar-refractivity contribution in [2.24, 2.45) is 5.92 Å². The predicted octanol–water partition coefficient (Wildman–Crippen LogP) is 3.16. The second-order valence-electron chi connectivity index (χ2n) is 5.76. The van der Waals surface area contributed by atoms with Crippen molar-refractivity contribution in [3.63, 3.8) is 0 Å². The number of nitrogens with zero attached hydrogens (tertiary/aromatic N) is 1. The Labute approximate surface area is 104 Å².